The number of carbonyl (C=O) groups excluding carboxylic acids is 1. The molecule has 0 aliphatic heterocycles. The Hall–Kier alpha value is -1.16. The summed E-state index contributed by atoms with van der Waals surface area (Å²) in [5.74, 6) is -0.0918. The molecule has 0 aliphatic rings. The molecule has 0 saturated carbocycles. The molecule has 21 heavy (non-hydrogen) atoms. The number of benzene rings is 2. The third kappa shape index (κ3) is 4.16. The van der Waals surface area contributed by atoms with Crippen LogP contribution in [0.3, 0.4) is 0 Å². The first kappa shape index (κ1) is 16.2. The van der Waals surface area contributed by atoms with E-state index in [-0.39, 0.29) is 5.91 Å². The lowest BCUT2D eigenvalue weighted by Gasteiger charge is -2.18. The minimum Gasteiger partial charge on any atom is -0.337 e. The fraction of sp³-hybridized carbons (Fsp3) is 0.188. The van der Waals surface area contributed by atoms with Crippen molar-refractivity contribution >= 4 is 40.9 Å². The highest BCUT2D eigenvalue weighted by atomic mass is 35.5. The average molecular weight is 340 g/mol. The summed E-state index contributed by atoms with van der Waals surface area (Å²) in [4.78, 5) is 15.2. The van der Waals surface area contributed by atoms with Gasteiger partial charge in [-0.2, -0.15) is 0 Å². The fourth-order valence-electron chi connectivity index (χ4n) is 1.94. The summed E-state index contributed by atoms with van der Waals surface area (Å²) >= 11 is 13.6. The Kier molecular flexibility index (Phi) is 5.57. The van der Waals surface area contributed by atoms with Crippen molar-refractivity contribution in [2.45, 2.75) is 11.4 Å². The van der Waals surface area contributed by atoms with Gasteiger partial charge in [-0.25, -0.2) is 0 Å². The molecular formula is C16H15Cl2NOS. The SMILES string of the molecule is CSc1ccc(Cl)c(C(=O)N(C)Cc2ccc(Cl)cc2)c1. The minimum absolute atomic E-state index is 0.0918. The predicted octanol–water partition coefficient (Wildman–Crippen LogP) is 4.99. The fourth-order valence-corrected chi connectivity index (χ4v) is 2.70. The zero-order chi connectivity index (χ0) is 15.4. The second-order valence-corrected chi connectivity index (χ2v) is 6.36. The second-order valence-electron chi connectivity index (χ2n) is 4.63. The molecule has 0 saturated heterocycles. The van der Waals surface area contributed by atoms with Crippen molar-refractivity contribution in [3.05, 3.63) is 63.6 Å². The molecule has 2 aromatic rings. The first-order valence-electron chi connectivity index (χ1n) is 6.34. The Morgan fingerprint density at radius 2 is 1.81 bits per heavy atom. The molecular weight excluding hydrogens is 325 g/mol. The average Bonchev–Trinajstić information content (AvgIpc) is 2.49. The molecule has 2 nitrogen and oxygen atoms in total. The molecule has 0 bridgehead atoms. The summed E-state index contributed by atoms with van der Waals surface area (Å²) in [6.45, 7) is 0.510. The zero-order valence-corrected chi connectivity index (χ0v) is 14.1. The van der Waals surface area contributed by atoms with Gasteiger partial charge in [0.2, 0.25) is 0 Å². The summed E-state index contributed by atoms with van der Waals surface area (Å²) in [5.41, 5.74) is 1.55. The van der Waals surface area contributed by atoms with Crippen LogP contribution in [0.25, 0.3) is 0 Å². The van der Waals surface area contributed by atoms with Crippen LogP contribution in [0.1, 0.15) is 15.9 Å². The molecule has 0 heterocycles. The number of thioether (sulfide) groups is 1. The van der Waals surface area contributed by atoms with E-state index in [4.69, 9.17) is 23.2 Å². The maximum atomic E-state index is 12.5. The van der Waals surface area contributed by atoms with E-state index < -0.39 is 0 Å². The first-order chi connectivity index (χ1) is 10.0. The molecule has 0 unspecified atom stereocenters. The third-order valence-corrected chi connectivity index (χ3v) is 4.39. The van der Waals surface area contributed by atoms with Gasteiger partial charge in [0.1, 0.15) is 0 Å². The molecule has 0 aliphatic carbocycles. The molecule has 2 aromatic carbocycles. The van der Waals surface area contributed by atoms with Crippen molar-refractivity contribution in [3.63, 3.8) is 0 Å². The van der Waals surface area contributed by atoms with Gasteiger partial charge in [-0.3, -0.25) is 4.79 Å². The van der Waals surface area contributed by atoms with Crippen molar-refractivity contribution in [1.29, 1.82) is 0 Å². The lowest BCUT2D eigenvalue weighted by Crippen LogP contribution is -2.26. The number of halogens is 2. The Bertz CT molecular complexity index is 643. The van der Waals surface area contributed by atoms with E-state index in [1.165, 1.54) is 0 Å². The van der Waals surface area contributed by atoms with Gasteiger partial charge >= 0.3 is 0 Å². The van der Waals surface area contributed by atoms with E-state index in [1.54, 1.807) is 29.8 Å². The number of rotatable bonds is 4. The van der Waals surface area contributed by atoms with Gasteiger partial charge in [-0.1, -0.05) is 35.3 Å². The Morgan fingerprint density at radius 1 is 1.14 bits per heavy atom. The summed E-state index contributed by atoms with van der Waals surface area (Å²) in [5, 5.41) is 1.16. The van der Waals surface area contributed by atoms with Gasteiger partial charge in [0.15, 0.2) is 0 Å². The van der Waals surface area contributed by atoms with Gasteiger partial charge < -0.3 is 4.90 Å². The van der Waals surface area contributed by atoms with Gasteiger partial charge in [0.25, 0.3) is 5.91 Å². The first-order valence-corrected chi connectivity index (χ1v) is 8.33. The monoisotopic (exact) mass is 339 g/mol. The van der Waals surface area contributed by atoms with Crippen LogP contribution in [0, 0.1) is 0 Å². The summed E-state index contributed by atoms with van der Waals surface area (Å²) < 4.78 is 0. The Labute approximate surface area is 139 Å². The maximum Gasteiger partial charge on any atom is 0.255 e. The summed E-state index contributed by atoms with van der Waals surface area (Å²) in [6.07, 6.45) is 1.97. The number of hydrogen-bond acceptors (Lipinski definition) is 2. The minimum atomic E-state index is -0.0918. The van der Waals surface area contributed by atoms with Crippen molar-refractivity contribution in [2.75, 3.05) is 13.3 Å². The lowest BCUT2D eigenvalue weighted by molar-refractivity contribution is 0.0785. The van der Waals surface area contributed by atoms with Crippen molar-refractivity contribution in [2.24, 2.45) is 0 Å². The molecule has 0 spiro atoms. The number of amides is 1. The quantitative estimate of drug-likeness (QED) is 0.731. The molecule has 5 heteroatoms. The van der Waals surface area contributed by atoms with E-state index in [0.29, 0.717) is 22.2 Å². The van der Waals surface area contributed by atoms with Crippen LogP contribution in [0.2, 0.25) is 10.0 Å². The highest BCUT2D eigenvalue weighted by molar-refractivity contribution is 7.98. The van der Waals surface area contributed by atoms with Crippen LogP contribution in [-0.4, -0.2) is 24.1 Å². The topological polar surface area (TPSA) is 20.3 Å². The van der Waals surface area contributed by atoms with Gasteiger partial charge in [0.05, 0.1) is 10.6 Å². The largest absolute Gasteiger partial charge is 0.337 e. The van der Waals surface area contributed by atoms with Crippen LogP contribution in [-0.2, 0) is 6.54 Å². The van der Waals surface area contributed by atoms with Gasteiger partial charge in [-0.05, 0) is 42.2 Å². The molecule has 1 amide bonds. The van der Waals surface area contributed by atoms with Crippen LogP contribution in [0.4, 0.5) is 0 Å². The lowest BCUT2D eigenvalue weighted by atomic mass is 10.1. The molecule has 0 fully saturated rings. The summed E-state index contributed by atoms with van der Waals surface area (Å²) in [7, 11) is 1.76. The second kappa shape index (κ2) is 7.21. The molecule has 0 N–H and O–H groups in total. The normalized spacial score (nSPS) is 10.5. The van der Waals surface area contributed by atoms with E-state index in [2.05, 4.69) is 0 Å². The Balaban J connectivity index is 2.17. The van der Waals surface area contributed by atoms with Crippen LogP contribution in [0.5, 0.6) is 0 Å². The predicted molar refractivity (Wildman–Crippen MR) is 90.5 cm³/mol. The maximum absolute atomic E-state index is 12.5. The van der Waals surface area contributed by atoms with Crippen molar-refractivity contribution in [1.82, 2.24) is 4.90 Å². The molecule has 2 rings (SSSR count). The standard InChI is InChI=1S/C16H15Cl2NOS/c1-19(10-11-3-5-12(17)6-4-11)16(20)14-9-13(21-2)7-8-15(14)18/h3-9H,10H2,1-2H3. The van der Waals surface area contributed by atoms with Crippen LogP contribution >= 0.6 is 35.0 Å². The highest BCUT2D eigenvalue weighted by Crippen LogP contribution is 2.24. The van der Waals surface area contributed by atoms with Crippen molar-refractivity contribution in [3.8, 4) is 0 Å². The zero-order valence-electron chi connectivity index (χ0n) is 11.8. The van der Waals surface area contributed by atoms with Gasteiger partial charge in [0, 0.05) is 23.5 Å². The molecule has 110 valence electrons. The molecule has 0 aromatic heterocycles. The van der Waals surface area contributed by atoms with E-state index >= 15 is 0 Å². The summed E-state index contributed by atoms with van der Waals surface area (Å²) in [6, 6.07) is 12.9. The molecule has 0 atom stereocenters. The van der Waals surface area contributed by atoms with E-state index in [9.17, 15) is 4.79 Å². The molecule has 0 radical (unpaired) electrons. The van der Waals surface area contributed by atoms with Crippen LogP contribution < -0.4 is 0 Å². The highest BCUT2D eigenvalue weighted by Gasteiger charge is 2.16. The number of hydrogen-bond donors (Lipinski definition) is 0. The van der Waals surface area contributed by atoms with Gasteiger partial charge in [-0.15, -0.1) is 11.8 Å². The van der Waals surface area contributed by atoms with E-state index in [0.717, 1.165) is 10.5 Å². The van der Waals surface area contributed by atoms with Crippen LogP contribution in [0.15, 0.2) is 47.4 Å². The number of nitrogens with zero attached hydrogens (tertiary/aromatic N) is 1. The number of carbonyl (C=O) groups is 1. The van der Waals surface area contributed by atoms with E-state index in [1.807, 2.05) is 42.7 Å². The third-order valence-electron chi connectivity index (χ3n) is 3.08. The smallest absolute Gasteiger partial charge is 0.255 e. The van der Waals surface area contributed by atoms with Crippen molar-refractivity contribution < 1.29 is 4.79 Å². The Morgan fingerprint density at radius 3 is 2.43 bits per heavy atom.